The standard InChI is InChI=1S/C17H13BrClFN2O2/c18-11-1-4-13(5-2-11)22-9-10(7-16(22)23)17(24)21-15-6-3-12(20)8-14(15)19/h1-6,8,10H,7,9H2,(H,21,24). The normalized spacial score (nSPS) is 17.2. The molecule has 7 heteroatoms. The molecule has 0 spiro atoms. The Morgan fingerprint density at radius 1 is 1.25 bits per heavy atom. The number of carbonyl (C=O) groups is 2. The highest BCUT2D eigenvalue weighted by molar-refractivity contribution is 9.10. The lowest BCUT2D eigenvalue weighted by Gasteiger charge is -2.17. The molecule has 1 fully saturated rings. The van der Waals surface area contributed by atoms with Gasteiger partial charge in [0.1, 0.15) is 5.82 Å². The van der Waals surface area contributed by atoms with Crippen LogP contribution in [0.4, 0.5) is 15.8 Å². The SMILES string of the molecule is O=C(Nc1ccc(F)cc1Cl)C1CC(=O)N(c2ccc(Br)cc2)C1. The zero-order valence-corrected chi connectivity index (χ0v) is 14.8. The molecule has 2 aromatic carbocycles. The molecule has 3 rings (SSSR count). The van der Waals surface area contributed by atoms with Crippen molar-refractivity contribution in [2.45, 2.75) is 6.42 Å². The Morgan fingerprint density at radius 3 is 2.62 bits per heavy atom. The summed E-state index contributed by atoms with van der Waals surface area (Å²) >= 11 is 9.26. The highest BCUT2D eigenvalue weighted by atomic mass is 79.9. The summed E-state index contributed by atoms with van der Waals surface area (Å²) in [5.74, 6) is -1.38. The molecule has 24 heavy (non-hydrogen) atoms. The van der Waals surface area contributed by atoms with E-state index >= 15 is 0 Å². The molecule has 124 valence electrons. The molecule has 1 unspecified atom stereocenters. The fourth-order valence-corrected chi connectivity index (χ4v) is 3.06. The van der Waals surface area contributed by atoms with Crippen LogP contribution in [0.3, 0.4) is 0 Å². The molecule has 0 bridgehead atoms. The molecule has 1 atom stereocenters. The molecule has 0 aromatic heterocycles. The number of nitrogens with zero attached hydrogens (tertiary/aromatic N) is 1. The average molecular weight is 412 g/mol. The van der Waals surface area contributed by atoms with Gasteiger partial charge in [0.05, 0.1) is 16.6 Å². The molecule has 1 aliphatic heterocycles. The van der Waals surface area contributed by atoms with Gasteiger partial charge in [0.2, 0.25) is 11.8 Å². The van der Waals surface area contributed by atoms with Crippen LogP contribution in [0, 0.1) is 11.7 Å². The lowest BCUT2D eigenvalue weighted by Crippen LogP contribution is -2.28. The zero-order chi connectivity index (χ0) is 17.3. The van der Waals surface area contributed by atoms with Crippen LogP contribution in [-0.2, 0) is 9.59 Å². The molecule has 1 aliphatic rings. The smallest absolute Gasteiger partial charge is 0.229 e. The third-order valence-corrected chi connectivity index (χ3v) is 4.66. The van der Waals surface area contributed by atoms with E-state index in [0.29, 0.717) is 12.2 Å². The highest BCUT2D eigenvalue weighted by Gasteiger charge is 2.35. The first-order chi connectivity index (χ1) is 11.4. The quantitative estimate of drug-likeness (QED) is 0.821. The van der Waals surface area contributed by atoms with Gasteiger partial charge in [-0.25, -0.2) is 4.39 Å². The zero-order valence-electron chi connectivity index (χ0n) is 12.4. The topological polar surface area (TPSA) is 49.4 Å². The Labute approximate surface area is 151 Å². The molecule has 1 heterocycles. The number of hydrogen-bond acceptors (Lipinski definition) is 2. The van der Waals surface area contributed by atoms with Gasteiger partial charge < -0.3 is 10.2 Å². The van der Waals surface area contributed by atoms with Crippen molar-refractivity contribution in [3.63, 3.8) is 0 Å². The molecule has 2 amide bonds. The average Bonchev–Trinajstić information content (AvgIpc) is 2.93. The van der Waals surface area contributed by atoms with Gasteiger partial charge in [-0.1, -0.05) is 27.5 Å². The Morgan fingerprint density at radius 2 is 1.96 bits per heavy atom. The van der Waals surface area contributed by atoms with Crippen LogP contribution in [0.2, 0.25) is 5.02 Å². The van der Waals surface area contributed by atoms with Gasteiger partial charge in [0.15, 0.2) is 0 Å². The van der Waals surface area contributed by atoms with Crippen molar-refractivity contribution in [3.05, 3.63) is 57.8 Å². The second kappa shape index (κ2) is 6.91. The van der Waals surface area contributed by atoms with Crippen LogP contribution in [-0.4, -0.2) is 18.4 Å². The lowest BCUT2D eigenvalue weighted by molar-refractivity contribution is -0.122. The predicted molar refractivity (Wildman–Crippen MR) is 94.6 cm³/mol. The largest absolute Gasteiger partial charge is 0.324 e. The van der Waals surface area contributed by atoms with Crippen LogP contribution in [0.15, 0.2) is 46.9 Å². The fourth-order valence-electron chi connectivity index (χ4n) is 2.58. The third kappa shape index (κ3) is 3.60. The second-order valence-corrected chi connectivity index (χ2v) is 6.82. The summed E-state index contributed by atoms with van der Waals surface area (Å²) in [6.45, 7) is 0.297. The summed E-state index contributed by atoms with van der Waals surface area (Å²) in [7, 11) is 0. The van der Waals surface area contributed by atoms with Crippen molar-refractivity contribution in [2.24, 2.45) is 5.92 Å². The first-order valence-corrected chi connectivity index (χ1v) is 8.43. The van der Waals surface area contributed by atoms with E-state index in [9.17, 15) is 14.0 Å². The summed E-state index contributed by atoms with van der Waals surface area (Å²) in [6.07, 6.45) is 0.126. The van der Waals surface area contributed by atoms with Crippen LogP contribution < -0.4 is 10.2 Å². The van der Waals surface area contributed by atoms with E-state index in [-0.39, 0.29) is 23.3 Å². The molecule has 0 radical (unpaired) electrons. The number of nitrogens with one attached hydrogen (secondary N) is 1. The summed E-state index contributed by atoms with van der Waals surface area (Å²) < 4.78 is 14.0. The summed E-state index contributed by atoms with van der Waals surface area (Å²) in [4.78, 5) is 26.2. The summed E-state index contributed by atoms with van der Waals surface area (Å²) in [5.41, 5.74) is 1.08. The van der Waals surface area contributed by atoms with Crippen molar-refractivity contribution in [3.8, 4) is 0 Å². The monoisotopic (exact) mass is 410 g/mol. The van der Waals surface area contributed by atoms with Gasteiger partial charge in [-0.3, -0.25) is 9.59 Å². The number of rotatable bonds is 3. The Bertz CT molecular complexity index is 798. The second-order valence-electron chi connectivity index (χ2n) is 5.50. The Balaban J connectivity index is 1.70. The summed E-state index contributed by atoms with van der Waals surface area (Å²) in [6, 6.07) is 11.1. The summed E-state index contributed by atoms with van der Waals surface area (Å²) in [5, 5.41) is 2.78. The Hall–Kier alpha value is -1.92. The van der Waals surface area contributed by atoms with Crippen LogP contribution in [0.25, 0.3) is 0 Å². The number of halogens is 3. The predicted octanol–water partition coefficient (Wildman–Crippen LogP) is 4.23. The van der Waals surface area contributed by atoms with Crippen LogP contribution >= 0.6 is 27.5 Å². The first-order valence-electron chi connectivity index (χ1n) is 7.26. The lowest BCUT2D eigenvalue weighted by atomic mass is 10.1. The van der Waals surface area contributed by atoms with Crippen LogP contribution in [0.5, 0.6) is 0 Å². The van der Waals surface area contributed by atoms with E-state index in [0.717, 1.165) is 16.2 Å². The number of hydrogen-bond donors (Lipinski definition) is 1. The molecule has 1 saturated heterocycles. The minimum absolute atomic E-state index is 0.109. The molecule has 0 aliphatic carbocycles. The van der Waals surface area contributed by atoms with Gasteiger partial charge in [0, 0.05) is 23.1 Å². The number of benzene rings is 2. The molecule has 0 saturated carbocycles. The minimum atomic E-state index is -0.484. The number of carbonyl (C=O) groups excluding carboxylic acids is 2. The van der Waals surface area contributed by atoms with Crippen LogP contribution in [0.1, 0.15) is 6.42 Å². The van der Waals surface area contributed by atoms with Crippen molar-refractivity contribution < 1.29 is 14.0 Å². The number of anilines is 2. The van der Waals surface area contributed by atoms with E-state index in [1.165, 1.54) is 12.1 Å². The molecule has 2 aromatic rings. The first kappa shape index (κ1) is 16.9. The Kier molecular flexibility index (Phi) is 4.87. The third-order valence-electron chi connectivity index (χ3n) is 3.82. The maximum Gasteiger partial charge on any atom is 0.229 e. The highest BCUT2D eigenvalue weighted by Crippen LogP contribution is 2.28. The van der Waals surface area contributed by atoms with Gasteiger partial charge in [-0.05, 0) is 42.5 Å². The molecular formula is C17H13BrClFN2O2. The number of amides is 2. The van der Waals surface area contributed by atoms with E-state index < -0.39 is 11.7 Å². The van der Waals surface area contributed by atoms with E-state index in [2.05, 4.69) is 21.2 Å². The van der Waals surface area contributed by atoms with Crippen molar-refractivity contribution in [2.75, 3.05) is 16.8 Å². The molecular weight excluding hydrogens is 399 g/mol. The maximum absolute atomic E-state index is 13.1. The maximum atomic E-state index is 13.1. The van der Waals surface area contributed by atoms with E-state index in [4.69, 9.17) is 11.6 Å². The fraction of sp³-hybridized carbons (Fsp3) is 0.176. The van der Waals surface area contributed by atoms with Gasteiger partial charge in [0.25, 0.3) is 0 Å². The van der Waals surface area contributed by atoms with Gasteiger partial charge in [-0.15, -0.1) is 0 Å². The van der Waals surface area contributed by atoms with Crippen molar-refractivity contribution in [1.29, 1.82) is 0 Å². The van der Waals surface area contributed by atoms with E-state index in [1.54, 1.807) is 4.90 Å². The van der Waals surface area contributed by atoms with Gasteiger partial charge in [-0.2, -0.15) is 0 Å². The molecule has 1 N–H and O–H groups in total. The molecule has 4 nitrogen and oxygen atoms in total. The van der Waals surface area contributed by atoms with E-state index in [1.807, 2.05) is 24.3 Å². The minimum Gasteiger partial charge on any atom is -0.324 e. The van der Waals surface area contributed by atoms with Gasteiger partial charge >= 0.3 is 0 Å². The van der Waals surface area contributed by atoms with Crippen molar-refractivity contribution >= 4 is 50.7 Å². The van der Waals surface area contributed by atoms with Crippen molar-refractivity contribution in [1.82, 2.24) is 0 Å².